The van der Waals surface area contributed by atoms with Gasteiger partial charge in [0.15, 0.2) is 0 Å². The summed E-state index contributed by atoms with van der Waals surface area (Å²) in [6, 6.07) is 11.4. The second-order valence-electron chi connectivity index (χ2n) is 7.18. The molecule has 0 fully saturated rings. The number of nitrogens with one attached hydrogen (secondary N) is 1. The van der Waals surface area contributed by atoms with Gasteiger partial charge in [0, 0.05) is 6.54 Å². The Bertz CT molecular complexity index is 944. The number of ether oxygens (including phenoxy) is 1. The summed E-state index contributed by atoms with van der Waals surface area (Å²) in [5, 5.41) is 3.38. The Balaban J connectivity index is 1.56. The molecular formula is C21H23N3O. The predicted octanol–water partition coefficient (Wildman–Crippen LogP) is 4.33. The number of rotatable bonds is 2. The van der Waals surface area contributed by atoms with Crippen molar-refractivity contribution in [1.29, 1.82) is 0 Å². The van der Waals surface area contributed by atoms with Crippen LogP contribution in [0.15, 0.2) is 36.7 Å². The lowest BCUT2D eigenvalue weighted by atomic mass is 9.91. The number of hydrogen-bond donors (Lipinski definition) is 1. The van der Waals surface area contributed by atoms with Gasteiger partial charge in [-0.3, -0.25) is 0 Å². The van der Waals surface area contributed by atoms with E-state index in [1.54, 1.807) is 0 Å². The Morgan fingerprint density at radius 3 is 2.84 bits per heavy atom. The third-order valence-corrected chi connectivity index (χ3v) is 5.62. The molecule has 3 aromatic rings. The first-order valence-corrected chi connectivity index (χ1v) is 9.28. The number of aromatic nitrogens is 2. The number of fused-ring (bicyclic) bond motifs is 3. The number of anilines is 1. The summed E-state index contributed by atoms with van der Waals surface area (Å²) in [5.74, 6) is 0.956. The molecule has 1 aromatic heterocycles. The zero-order valence-electron chi connectivity index (χ0n) is 14.6. The zero-order valence-corrected chi connectivity index (χ0v) is 14.6. The Morgan fingerprint density at radius 2 is 1.96 bits per heavy atom. The quantitative estimate of drug-likeness (QED) is 0.759. The van der Waals surface area contributed by atoms with Gasteiger partial charge in [0.25, 0.3) is 0 Å². The Morgan fingerprint density at radius 1 is 1.12 bits per heavy atom. The van der Waals surface area contributed by atoms with Gasteiger partial charge in [-0.1, -0.05) is 6.07 Å². The van der Waals surface area contributed by atoms with Gasteiger partial charge in [-0.15, -0.1) is 0 Å². The normalized spacial score (nSPS) is 17.3. The van der Waals surface area contributed by atoms with Crippen molar-refractivity contribution in [3.63, 3.8) is 0 Å². The van der Waals surface area contributed by atoms with Gasteiger partial charge in [0.1, 0.15) is 12.4 Å². The molecule has 1 aliphatic heterocycles. The van der Waals surface area contributed by atoms with E-state index in [1.165, 1.54) is 47.9 Å². The van der Waals surface area contributed by atoms with Crippen LogP contribution >= 0.6 is 0 Å². The van der Waals surface area contributed by atoms with Crippen molar-refractivity contribution >= 4 is 16.7 Å². The second-order valence-corrected chi connectivity index (χ2v) is 7.18. The van der Waals surface area contributed by atoms with E-state index >= 15 is 0 Å². The smallest absolute Gasteiger partial charge is 0.142 e. The van der Waals surface area contributed by atoms with Crippen LogP contribution in [-0.4, -0.2) is 22.7 Å². The maximum Gasteiger partial charge on any atom is 0.142 e. The first kappa shape index (κ1) is 14.8. The summed E-state index contributed by atoms with van der Waals surface area (Å²) in [4.78, 5) is 4.68. The number of nitrogens with zero attached hydrogens (tertiary/aromatic N) is 2. The molecule has 0 saturated heterocycles. The first-order chi connectivity index (χ1) is 12.3. The topological polar surface area (TPSA) is 39.1 Å². The molecular weight excluding hydrogens is 310 g/mol. The number of imidazole rings is 1. The van der Waals surface area contributed by atoms with Crippen LogP contribution < -0.4 is 10.1 Å². The molecule has 1 aliphatic carbocycles. The molecule has 0 unspecified atom stereocenters. The lowest BCUT2D eigenvalue weighted by Gasteiger charge is -2.22. The molecule has 2 heterocycles. The van der Waals surface area contributed by atoms with Gasteiger partial charge < -0.3 is 14.6 Å². The molecule has 0 bridgehead atoms. The average molecular weight is 333 g/mol. The number of aryl methyl sites for hydroxylation is 2. The highest BCUT2D eigenvalue weighted by Crippen LogP contribution is 2.33. The van der Waals surface area contributed by atoms with E-state index in [9.17, 15) is 0 Å². The molecule has 0 amide bonds. The van der Waals surface area contributed by atoms with Crippen molar-refractivity contribution in [2.24, 2.45) is 0 Å². The number of hydrogen-bond acceptors (Lipinski definition) is 3. The van der Waals surface area contributed by atoms with E-state index in [2.05, 4.69) is 52.1 Å². The van der Waals surface area contributed by atoms with Crippen molar-refractivity contribution in [2.45, 2.75) is 38.6 Å². The van der Waals surface area contributed by atoms with Crippen molar-refractivity contribution in [2.75, 3.05) is 18.5 Å². The third-order valence-electron chi connectivity index (χ3n) is 5.62. The summed E-state index contributed by atoms with van der Waals surface area (Å²) in [6.45, 7) is 3.84. The SMILES string of the molecule is C[C@H](c1ccc2c(c1)OCCN2)n1cnc2cc3c(cc21)CCCC3. The third kappa shape index (κ3) is 2.48. The highest BCUT2D eigenvalue weighted by Gasteiger charge is 2.18. The monoisotopic (exact) mass is 333 g/mol. The van der Waals surface area contributed by atoms with Crippen LogP contribution in [-0.2, 0) is 12.8 Å². The van der Waals surface area contributed by atoms with Gasteiger partial charge in [-0.2, -0.15) is 0 Å². The van der Waals surface area contributed by atoms with Crippen molar-refractivity contribution in [3.8, 4) is 5.75 Å². The summed E-state index contributed by atoms with van der Waals surface area (Å²) in [6.07, 6.45) is 6.99. The minimum absolute atomic E-state index is 0.225. The van der Waals surface area contributed by atoms with Crippen LogP contribution in [0, 0.1) is 0 Å². The van der Waals surface area contributed by atoms with Crippen LogP contribution in [0.2, 0.25) is 0 Å². The zero-order chi connectivity index (χ0) is 16.8. The van der Waals surface area contributed by atoms with Gasteiger partial charge in [0.05, 0.1) is 29.1 Å². The molecule has 2 aliphatic rings. The van der Waals surface area contributed by atoms with Gasteiger partial charge >= 0.3 is 0 Å². The Hall–Kier alpha value is -2.49. The highest BCUT2D eigenvalue weighted by molar-refractivity contribution is 5.78. The average Bonchev–Trinajstić information content (AvgIpc) is 3.08. The van der Waals surface area contributed by atoms with E-state index in [0.29, 0.717) is 0 Å². The summed E-state index contributed by atoms with van der Waals surface area (Å²) in [7, 11) is 0. The fraction of sp³-hybridized carbons (Fsp3) is 0.381. The molecule has 0 spiro atoms. The largest absolute Gasteiger partial charge is 0.490 e. The van der Waals surface area contributed by atoms with Crippen molar-refractivity contribution < 1.29 is 4.74 Å². The molecule has 0 saturated carbocycles. The summed E-state index contributed by atoms with van der Waals surface area (Å²) >= 11 is 0. The molecule has 4 nitrogen and oxygen atoms in total. The maximum absolute atomic E-state index is 5.81. The molecule has 4 heteroatoms. The molecule has 128 valence electrons. The molecule has 1 N–H and O–H groups in total. The van der Waals surface area contributed by atoms with Crippen molar-refractivity contribution in [1.82, 2.24) is 9.55 Å². The van der Waals surface area contributed by atoms with Crippen LogP contribution in [0.5, 0.6) is 5.75 Å². The summed E-state index contributed by atoms with van der Waals surface area (Å²) in [5.41, 5.74) is 7.69. The van der Waals surface area contributed by atoms with Gasteiger partial charge in [-0.25, -0.2) is 4.98 Å². The second kappa shape index (κ2) is 5.80. The first-order valence-electron chi connectivity index (χ1n) is 9.28. The van der Waals surface area contributed by atoms with E-state index in [4.69, 9.17) is 4.74 Å². The van der Waals surface area contributed by atoms with Crippen LogP contribution in [0.1, 0.15) is 42.5 Å². The molecule has 5 rings (SSSR count). The van der Waals surface area contributed by atoms with Crippen LogP contribution in [0.3, 0.4) is 0 Å². The molecule has 0 radical (unpaired) electrons. The lowest BCUT2D eigenvalue weighted by Crippen LogP contribution is -2.18. The minimum Gasteiger partial charge on any atom is -0.490 e. The van der Waals surface area contributed by atoms with Gasteiger partial charge in [0.2, 0.25) is 0 Å². The maximum atomic E-state index is 5.81. The fourth-order valence-electron chi connectivity index (χ4n) is 4.14. The lowest BCUT2D eigenvalue weighted by molar-refractivity contribution is 0.322. The van der Waals surface area contributed by atoms with Crippen LogP contribution in [0.4, 0.5) is 5.69 Å². The standard InChI is InChI=1S/C21H23N3O/c1-14(15-6-7-18-21(12-15)25-9-8-22-18)24-13-23-19-10-16-4-2-3-5-17(16)11-20(19)24/h6-7,10-14,22H,2-5,8-9H2,1H3/t14-/m1/s1. The Kier molecular flexibility index (Phi) is 3.44. The summed E-state index contributed by atoms with van der Waals surface area (Å²) < 4.78 is 8.10. The van der Waals surface area contributed by atoms with E-state index in [1.807, 2.05) is 6.33 Å². The minimum atomic E-state index is 0.225. The Labute approximate surface area is 147 Å². The fourth-order valence-corrected chi connectivity index (χ4v) is 4.14. The molecule has 1 atom stereocenters. The molecule has 2 aromatic carbocycles. The van der Waals surface area contributed by atoms with E-state index in [-0.39, 0.29) is 6.04 Å². The highest BCUT2D eigenvalue weighted by atomic mass is 16.5. The van der Waals surface area contributed by atoms with E-state index < -0.39 is 0 Å². The molecule has 25 heavy (non-hydrogen) atoms. The number of benzene rings is 2. The predicted molar refractivity (Wildman–Crippen MR) is 101 cm³/mol. The van der Waals surface area contributed by atoms with E-state index in [0.717, 1.165) is 30.1 Å². The van der Waals surface area contributed by atoms with Gasteiger partial charge in [-0.05, 0) is 73.6 Å². The van der Waals surface area contributed by atoms with Crippen LogP contribution in [0.25, 0.3) is 11.0 Å². The van der Waals surface area contributed by atoms with Crippen molar-refractivity contribution in [3.05, 3.63) is 53.3 Å².